The van der Waals surface area contributed by atoms with E-state index in [-0.39, 0.29) is 29.6 Å². The number of carbonyl (C=O) groups is 3. The number of benzene rings is 1. The molecule has 2 atom stereocenters. The standard InChI is InChI=1S/C19H21NO4/c1-2-24-18(23)19-10-8-12(9-11-19)14-15(19)17(22)20(16(14)21)13-6-4-3-5-7-13/h3-7,12,14-15H,2,8-11H2,1H3. The van der Waals surface area contributed by atoms with Gasteiger partial charge in [-0.05, 0) is 50.7 Å². The van der Waals surface area contributed by atoms with Crippen LogP contribution in [-0.2, 0) is 19.1 Å². The maximum Gasteiger partial charge on any atom is 0.312 e. The van der Waals surface area contributed by atoms with Crippen molar-refractivity contribution in [1.29, 1.82) is 0 Å². The molecule has 1 aromatic carbocycles. The van der Waals surface area contributed by atoms with E-state index >= 15 is 0 Å². The highest BCUT2D eigenvalue weighted by Gasteiger charge is 2.67. The molecule has 4 fully saturated rings. The van der Waals surface area contributed by atoms with Crippen LogP contribution in [0.3, 0.4) is 0 Å². The number of imide groups is 1. The first-order valence-corrected chi connectivity index (χ1v) is 8.70. The fraction of sp³-hybridized carbons (Fsp3) is 0.526. The highest BCUT2D eigenvalue weighted by atomic mass is 16.5. The third-order valence-corrected chi connectivity index (χ3v) is 6.07. The first-order chi connectivity index (χ1) is 11.6. The number of carbonyl (C=O) groups excluding carboxylic acids is 3. The highest BCUT2D eigenvalue weighted by Crippen LogP contribution is 2.60. The second-order valence-corrected chi connectivity index (χ2v) is 7.06. The van der Waals surface area contributed by atoms with E-state index in [9.17, 15) is 14.4 Å². The van der Waals surface area contributed by atoms with Gasteiger partial charge in [-0.1, -0.05) is 18.2 Å². The topological polar surface area (TPSA) is 63.7 Å². The fourth-order valence-electron chi connectivity index (χ4n) is 5.01. The van der Waals surface area contributed by atoms with Crippen LogP contribution in [0.15, 0.2) is 30.3 Å². The van der Waals surface area contributed by atoms with E-state index < -0.39 is 11.3 Å². The summed E-state index contributed by atoms with van der Waals surface area (Å²) in [6.45, 7) is 2.07. The van der Waals surface area contributed by atoms with Crippen LogP contribution in [0.25, 0.3) is 0 Å². The average molecular weight is 327 g/mol. The van der Waals surface area contributed by atoms with Crippen LogP contribution in [0.5, 0.6) is 0 Å². The quantitative estimate of drug-likeness (QED) is 0.632. The lowest BCUT2D eigenvalue weighted by atomic mass is 9.51. The molecule has 5 heteroatoms. The van der Waals surface area contributed by atoms with Crippen molar-refractivity contribution >= 4 is 23.5 Å². The number of anilines is 1. The molecule has 0 spiro atoms. The van der Waals surface area contributed by atoms with Gasteiger partial charge < -0.3 is 4.74 Å². The van der Waals surface area contributed by atoms with Crippen LogP contribution < -0.4 is 4.90 Å². The number of hydrogen-bond donors (Lipinski definition) is 0. The molecule has 4 aliphatic rings. The number of amides is 2. The monoisotopic (exact) mass is 327 g/mol. The fourth-order valence-corrected chi connectivity index (χ4v) is 5.01. The van der Waals surface area contributed by atoms with Gasteiger partial charge >= 0.3 is 5.97 Å². The molecule has 5 rings (SSSR count). The normalized spacial score (nSPS) is 34.4. The van der Waals surface area contributed by atoms with Crippen LogP contribution in [0.2, 0.25) is 0 Å². The van der Waals surface area contributed by atoms with Gasteiger partial charge in [0.05, 0.1) is 29.5 Å². The van der Waals surface area contributed by atoms with Gasteiger partial charge in [0, 0.05) is 0 Å². The van der Waals surface area contributed by atoms with Gasteiger partial charge in [0.1, 0.15) is 0 Å². The van der Waals surface area contributed by atoms with Gasteiger partial charge in [-0.15, -0.1) is 0 Å². The second kappa shape index (κ2) is 5.43. The van der Waals surface area contributed by atoms with E-state index in [1.165, 1.54) is 4.90 Å². The maximum absolute atomic E-state index is 13.2. The number of hydrogen-bond acceptors (Lipinski definition) is 4. The summed E-state index contributed by atoms with van der Waals surface area (Å²) in [7, 11) is 0. The summed E-state index contributed by atoms with van der Waals surface area (Å²) < 4.78 is 5.31. The molecule has 2 bridgehead atoms. The maximum atomic E-state index is 13.2. The Morgan fingerprint density at radius 2 is 1.83 bits per heavy atom. The predicted molar refractivity (Wildman–Crippen MR) is 86.9 cm³/mol. The summed E-state index contributed by atoms with van der Waals surface area (Å²) >= 11 is 0. The SMILES string of the molecule is CCOC(=O)C12CCC(CC1)C1C(=O)N(c3ccccc3)C(=O)C12. The summed E-state index contributed by atoms with van der Waals surface area (Å²) in [5.74, 6) is -1.39. The zero-order valence-corrected chi connectivity index (χ0v) is 13.7. The van der Waals surface area contributed by atoms with Crippen molar-refractivity contribution in [3.63, 3.8) is 0 Å². The minimum Gasteiger partial charge on any atom is -0.466 e. The van der Waals surface area contributed by atoms with E-state index in [2.05, 4.69) is 0 Å². The van der Waals surface area contributed by atoms with Crippen molar-refractivity contribution in [3.8, 4) is 0 Å². The first-order valence-electron chi connectivity index (χ1n) is 8.70. The Hall–Kier alpha value is -2.17. The summed E-state index contributed by atoms with van der Waals surface area (Å²) in [4.78, 5) is 40.2. The Morgan fingerprint density at radius 1 is 1.17 bits per heavy atom. The number of nitrogens with zero attached hydrogens (tertiary/aromatic N) is 1. The van der Waals surface area contributed by atoms with E-state index in [1.807, 2.05) is 18.2 Å². The van der Waals surface area contributed by atoms with Crippen molar-refractivity contribution in [2.24, 2.45) is 23.2 Å². The molecule has 1 saturated heterocycles. The van der Waals surface area contributed by atoms with Gasteiger partial charge in [0.25, 0.3) is 0 Å². The minimum absolute atomic E-state index is 0.144. The minimum atomic E-state index is -0.814. The molecule has 0 aromatic heterocycles. The van der Waals surface area contributed by atoms with Gasteiger partial charge in [-0.2, -0.15) is 0 Å². The van der Waals surface area contributed by atoms with Gasteiger partial charge in [0.15, 0.2) is 0 Å². The molecular formula is C19H21NO4. The molecule has 1 aliphatic heterocycles. The molecule has 24 heavy (non-hydrogen) atoms. The zero-order chi connectivity index (χ0) is 16.9. The summed E-state index contributed by atoms with van der Waals surface area (Å²) in [6, 6.07) is 9.02. The lowest BCUT2D eigenvalue weighted by Gasteiger charge is -2.50. The van der Waals surface area contributed by atoms with Crippen LogP contribution in [-0.4, -0.2) is 24.4 Å². The van der Waals surface area contributed by atoms with E-state index in [1.54, 1.807) is 19.1 Å². The average Bonchev–Trinajstić information content (AvgIpc) is 2.90. The lowest BCUT2D eigenvalue weighted by Crippen LogP contribution is -2.54. The summed E-state index contributed by atoms with van der Waals surface area (Å²) in [5.41, 5.74) is -0.216. The number of fused-ring (bicyclic) bond motifs is 2. The van der Waals surface area contributed by atoms with Crippen LogP contribution in [0, 0.1) is 23.2 Å². The molecule has 0 radical (unpaired) electrons. The Kier molecular flexibility index (Phi) is 3.48. The van der Waals surface area contributed by atoms with Gasteiger partial charge in [-0.3, -0.25) is 19.3 Å². The first kappa shape index (κ1) is 15.4. The molecule has 2 unspecified atom stereocenters. The predicted octanol–water partition coefficient (Wildman–Crippen LogP) is 2.55. The molecule has 3 aliphatic carbocycles. The number of ether oxygens (including phenoxy) is 1. The molecule has 3 saturated carbocycles. The van der Waals surface area contributed by atoms with Crippen LogP contribution in [0.4, 0.5) is 5.69 Å². The Morgan fingerprint density at radius 3 is 2.46 bits per heavy atom. The number of esters is 1. The zero-order valence-electron chi connectivity index (χ0n) is 13.7. The third-order valence-electron chi connectivity index (χ3n) is 6.07. The third kappa shape index (κ3) is 1.90. The Balaban J connectivity index is 1.77. The molecule has 126 valence electrons. The van der Waals surface area contributed by atoms with Gasteiger partial charge in [0.2, 0.25) is 11.8 Å². The molecular weight excluding hydrogens is 306 g/mol. The number of rotatable bonds is 3. The Bertz CT molecular complexity index is 691. The second-order valence-electron chi connectivity index (χ2n) is 7.06. The molecule has 2 amide bonds. The highest BCUT2D eigenvalue weighted by molar-refractivity contribution is 6.23. The van der Waals surface area contributed by atoms with Crippen molar-refractivity contribution < 1.29 is 19.1 Å². The van der Waals surface area contributed by atoms with Gasteiger partial charge in [-0.25, -0.2) is 0 Å². The molecule has 5 nitrogen and oxygen atoms in total. The summed E-state index contributed by atoms with van der Waals surface area (Å²) in [6.07, 6.45) is 2.95. The molecule has 1 aromatic rings. The van der Waals surface area contributed by atoms with Crippen molar-refractivity contribution in [1.82, 2.24) is 0 Å². The van der Waals surface area contributed by atoms with E-state index in [0.29, 0.717) is 25.1 Å². The van der Waals surface area contributed by atoms with Crippen LogP contribution in [0.1, 0.15) is 32.6 Å². The largest absolute Gasteiger partial charge is 0.466 e. The summed E-state index contributed by atoms with van der Waals surface area (Å²) in [5, 5.41) is 0. The van der Waals surface area contributed by atoms with E-state index in [0.717, 1.165) is 12.8 Å². The lowest BCUT2D eigenvalue weighted by molar-refractivity contribution is -0.174. The Labute approximate surface area is 141 Å². The van der Waals surface area contributed by atoms with Crippen molar-refractivity contribution in [2.45, 2.75) is 32.6 Å². The number of para-hydroxylation sites is 1. The van der Waals surface area contributed by atoms with Crippen molar-refractivity contribution in [2.75, 3.05) is 11.5 Å². The van der Waals surface area contributed by atoms with E-state index in [4.69, 9.17) is 4.74 Å². The molecule has 0 N–H and O–H groups in total. The smallest absolute Gasteiger partial charge is 0.312 e. The molecule has 1 heterocycles. The van der Waals surface area contributed by atoms with Crippen LogP contribution >= 0.6 is 0 Å². The van der Waals surface area contributed by atoms with Crippen molar-refractivity contribution in [3.05, 3.63) is 30.3 Å².